The van der Waals surface area contributed by atoms with Crippen molar-refractivity contribution in [2.45, 2.75) is 43.9 Å². The topological polar surface area (TPSA) is 55.4 Å². The van der Waals surface area contributed by atoms with E-state index in [1.165, 1.54) is 23.7 Å². The Hall–Kier alpha value is -2.80. The van der Waals surface area contributed by atoms with E-state index in [-0.39, 0.29) is 5.91 Å². The minimum absolute atomic E-state index is 0.192. The molecular weight excluding hydrogens is 394 g/mol. The summed E-state index contributed by atoms with van der Waals surface area (Å²) in [6, 6.07) is 19.0. The summed E-state index contributed by atoms with van der Waals surface area (Å²) in [5.74, 6) is 1.39. The van der Waals surface area contributed by atoms with Gasteiger partial charge in [0.25, 0.3) is 0 Å². The Kier molecular flexibility index (Phi) is 5.21. The molecule has 1 aliphatic heterocycles. The molecule has 4 aromatic rings. The molecule has 1 amide bonds. The van der Waals surface area contributed by atoms with Crippen LogP contribution in [-0.2, 0) is 11.3 Å². The van der Waals surface area contributed by atoms with Crippen LogP contribution in [0.4, 0.5) is 0 Å². The van der Waals surface area contributed by atoms with Crippen LogP contribution in [0.1, 0.15) is 31.7 Å². The first kappa shape index (κ1) is 19.2. The van der Waals surface area contributed by atoms with Crippen LogP contribution in [0.2, 0.25) is 0 Å². The summed E-state index contributed by atoms with van der Waals surface area (Å²) in [5.41, 5.74) is 3.39. The number of carbonyl (C=O) groups is 1. The van der Waals surface area contributed by atoms with Gasteiger partial charge in [-0.2, -0.15) is 0 Å². The van der Waals surface area contributed by atoms with E-state index in [1.807, 2.05) is 23.1 Å². The fourth-order valence-electron chi connectivity index (χ4n) is 4.33. The fraction of sp³-hybridized carbons (Fsp3) is 0.348. The lowest BCUT2D eigenvalue weighted by Crippen LogP contribution is -2.42. The third kappa shape index (κ3) is 3.47. The number of rotatable bonds is 5. The van der Waals surface area contributed by atoms with Crippen molar-refractivity contribution < 1.29 is 4.79 Å². The second-order valence-electron chi connectivity index (χ2n) is 7.90. The molecule has 0 saturated carbocycles. The first-order valence-electron chi connectivity index (χ1n) is 10.5. The predicted octanol–water partition coefficient (Wildman–Crippen LogP) is 4.23. The van der Waals surface area contributed by atoms with E-state index >= 15 is 0 Å². The number of benzene rings is 2. The molecule has 0 spiro atoms. The number of fused-ring (bicyclic) bond motifs is 3. The molecule has 0 N–H and O–H groups in total. The third-order valence-electron chi connectivity index (χ3n) is 5.90. The Labute approximate surface area is 179 Å². The van der Waals surface area contributed by atoms with Crippen LogP contribution in [0.25, 0.3) is 16.8 Å². The molecule has 0 unspecified atom stereocenters. The highest BCUT2D eigenvalue weighted by Crippen LogP contribution is 2.27. The van der Waals surface area contributed by atoms with Gasteiger partial charge in [0.1, 0.15) is 0 Å². The molecule has 7 heteroatoms. The van der Waals surface area contributed by atoms with Gasteiger partial charge in [-0.05, 0) is 43.9 Å². The molecule has 0 bridgehead atoms. The number of carbonyl (C=O) groups excluding carboxylic acids is 1. The number of thioether (sulfide) groups is 1. The minimum atomic E-state index is 0.192. The molecule has 3 heterocycles. The number of hydrogen-bond acceptors (Lipinski definition) is 4. The summed E-state index contributed by atoms with van der Waals surface area (Å²) < 4.78 is 4.27. The molecule has 1 saturated heterocycles. The molecule has 1 fully saturated rings. The van der Waals surface area contributed by atoms with Crippen LogP contribution in [0.3, 0.4) is 0 Å². The third-order valence-corrected chi connectivity index (χ3v) is 6.82. The van der Waals surface area contributed by atoms with Gasteiger partial charge in [-0.15, -0.1) is 10.2 Å². The molecule has 1 atom stereocenters. The predicted molar refractivity (Wildman–Crippen MR) is 120 cm³/mol. The molecule has 0 aliphatic carbocycles. The SMILES string of the molecule is C[C@@H]1CCCCN1C(=O)CSc1nnc2n(Cc3ccccc3)c3ccccc3n12. The quantitative estimate of drug-likeness (QED) is 0.455. The van der Waals surface area contributed by atoms with Gasteiger partial charge in [-0.25, -0.2) is 0 Å². The largest absolute Gasteiger partial charge is 0.339 e. The van der Waals surface area contributed by atoms with E-state index in [0.29, 0.717) is 11.8 Å². The highest BCUT2D eigenvalue weighted by atomic mass is 32.2. The van der Waals surface area contributed by atoms with Crippen LogP contribution < -0.4 is 0 Å². The average Bonchev–Trinajstić information content (AvgIpc) is 3.33. The summed E-state index contributed by atoms with van der Waals surface area (Å²) in [5, 5.41) is 9.69. The maximum atomic E-state index is 12.8. The first-order chi connectivity index (χ1) is 14.7. The normalized spacial score (nSPS) is 17.1. The standard InChI is InChI=1S/C23H25N5OS/c1-17-9-7-8-14-26(17)21(29)16-30-23-25-24-22-27(15-18-10-3-2-4-11-18)19-12-5-6-13-20(19)28(22)23/h2-6,10-13,17H,7-9,14-16H2,1H3/t17-/m1/s1. The molecule has 6 nitrogen and oxygen atoms in total. The Morgan fingerprint density at radius 2 is 1.80 bits per heavy atom. The second kappa shape index (κ2) is 8.14. The van der Waals surface area contributed by atoms with E-state index in [2.05, 4.69) is 62.5 Å². The maximum absolute atomic E-state index is 12.8. The van der Waals surface area contributed by atoms with Gasteiger partial charge in [0, 0.05) is 12.6 Å². The maximum Gasteiger partial charge on any atom is 0.237 e. The molecule has 30 heavy (non-hydrogen) atoms. The van der Waals surface area contributed by atoms with Gasteiger partial charge in [0.2, 0.25) is 11.7 Å². The van der Waals surface area contributed by atoms with Crippen molar-refractivity contribution in [1.29, 1.82) is 0 Å². The second-order valence-corrected chi connectivity index (χ2v) is 8.84. The van der Waals surface area contributed by atoms with Gasteiger partial charge >= 0.3 is 0 Å². The molecule has 2 aromatic heterocycles. The van der Waals surface area contributed by atoms with Crippen molar-refractivity contribution in [3.05, 3.63) is 60.2 Å². The lowest BCUT2D eigenvalue weighted by molar-refractivity contribution is -0.131. The minimum Gasteiger partial charge on any atom is -0.339 e. The first-order valence-corrected chi connectivity index (χ1v) is 11.5. The Morgan fingerprint density at radius 3 is 2.60 bits per heavy atom. The van der Waals surface area contributed by atoms with E-state index in [1.54, 1.807) is 0 Å². The highest BCUT2D eigenvalue weighted by molar-refractivity contribution is 7.99. The number of likely N-dealkylation sites (tertiary alicyclic amines) is 1. The summed E-state index contributed by atoms with van der Waals surface area (Å²) >= 11 is 1.48. The zero-order chi connectivity index (χ0) is 20.5. The van der Waals surface area contributed by atoms with Crippen LogP contribution in [-0.4, -0.2) is 48.3 Å². The molecule has 0 radical (unpaired) electrons. The summed E-state index contributed by atoms with van der Waals surface area (Å²) in [6.07, 6.45) is 3.41. The van der Waals surface area contributed by atoms with Crippen LogP contribution in [0, 0.1) is 0 Å². The Bertz CT molecular complexity index is 1180. The molecule has 5 rings (SSSR count). The number of imidazole rings is 1. The number of aromatic nitrogens is 4. The Balaban J connectivity index is 1.46. The summed E-state index contributed by atoms with van der Waals surface area (Å²) in [4.78, 5) is 14.8. The van der Waals surface area contributed by atoms with Crippen LogP contribution in [0.5, 0.6) is 0 Å². The average molecular weight is 420 g/mol. The number of amides is 1. The van der Waals surface area contributed by atoms with Gasteiger partial charge in [-0.3, -0.25) is 9.20 Å². The van der Waals surface area contributed by atoms with E-state index < -0.39 is 0 Å². The number of hydrogen-bond donors (Lipinski definition) is 0. The zero-order valence-corrected chi connectivity index (χ0v) is 17.9. The molecule has 2 aromatic carbocycles. The molecule has 1 aliphatic rings. The lowest BCUT2D eigenvalue weighted by Gasteiger charge is -2.33. The van der Waals surface area contributed by atoms with Crippen LogP contribution >= 0.6 is 11.8 Å². The monoisotopic (exact) mass is 419 g/mol. The summed E-state index contributed by atoms with van der Waals surface area (Å²) in [6.45, 7) is 3.74. The van der Waals surface area contributed by atoms with Crippen molar-refractivity contribution in [2.24, 2.45) is 0 Å². The van der Waals surface area contributed by atoms with Crippen LogP contribution in [0.15, 0.2) is 59.8 Å². The Morgan fingerprint density at radius 1 is 1.03 bits per heavy atom. The van der Waals surface area contributed by atoms with Gasteiger partial charge in [0.05, 0.1) is 23.3 Å². The van der Waals surface area contributed by atoms with Gasteiger partial charge in [0.15, 0.2) is 5.16 Å². The van der Waals surface area contributed by atoms with Crippen molar-refractivity contribution >= 4 is 34.5 Å². The van der Waals surface area contributed by atoms with Crippen molar-refractivity contribution in [1.82, 2.24) is 24.1 Å². The summed E-state index contributed by atoms with van der Waals surface area (Å²) in [7, 11) is 0. The van der Waals surface area contributed by atoms with Crippen molar-refractivity contribution in [3.8, 4) is 0 Å². The van der Waals surface area contributed by atoms with E-state index in [0.717, 1.165) is 47.9 Å². The smallest absolute Gasteiger partial charge is 0.237 e. The lowest BCUT2D eigenvalue weighted by atomic mass is 10.0. The number of para-hydroxylation sites is 2. The van der Waals surface area contributed by atoms with E-state index in [4.69, 9.17) is 0 Å². The van der Waals surface area contributed by atoms with Crippen molar-refractivity contribution in [2.75, 3.05) is 12.3 Å². The van der Waals surface area contributed by atoms with Gasteiger partial charge in [-0.1, -0.05) is 54.2 Å². The van der Waals surface area contributed by atoms with Gasteiger partial charge < -0.3 is 9.47 Å². The molecule has 154 valence electrons. The highest BCUT2D eigenvalue weighted by Gasteiger charge is 2.24. The van der Waals surface area contributed by atoms with E-state index in [9.17, 15) is 4.79 Å². The molecular formula is C23H25N5OS. The fourth-order valence-corrected chi connectivity index (χ4v) is 5.16. The number of nitrogens with zero attached hydrogens (tertiary/aromatic N) is 5. The zero-order valence-electron chi connectivity index (χ0n) is 17.1. The van der Waals surface area contributed by atoms with Crippen molar-refractivity contribution in [3.63, 3.8) is 0 Å². The number of piperidine rings is 1.